The SMILES string of the molecule is Cc1ccc(C(=O)Nc2nnc(S(=O)(=O)NCc3ccco3)s2)cc1. The van der Waals surface area contributed by atoms with Crippen molar-refractivity contribution < 1.29 is 17.6 Å². The molecule has 3 rings (SSSR count). The Balaban J connectivity index is 1.66. The minimum Gasteiger partial charge on any atom is -0.468 e. The number of hydrogen-bond acceptors (Lipinski definition) is 7. The molecule has 2 aromatic heterocycles. The van der Waals surface area contributed by atoms with Crippen LogP contribution in [-0.4, -0.2) is 24.5 Å². The molecule has 0 spiro atoms. The molecule has 8 nitrogen and oxygen atoms in total. The normalized spacial score (nSPS) is 11.4. The number of anilines is 1. The molecule has 2 N–H and O–H groups in total. The van der Waals surface area contributed by atoms with Crippen molar-refractivity contribution in [1.29, 1.82) is 0 Å². The third-order valence-corrected chi connectivity index (χ3v) is 5.79. The summed E-state index contributed by atoms with van der Waals surface area (Å²) in [5, 5.41) is 9.96. The van der Waals surface area contributed by atoms with Gasteiger partial charge in [0.1, 0.15) is 5.76 Å². The third-order valence-electron chi connectivity index (χ3n) is 3.19. The van der Waals surface area contributed by atoms with Crippen molar-refractivity contribution in [2.45, 2.75) is 17.8 Å². The van der Waals surface area contributed by atoms with Gasteiger partial charge in [0.25, 0.3) is 15.9 Å². The molecule has 0 saturated carbocycles. The van der Waals surface area contributed by atoms with Crippen LogP contribution in [0.5, 0.6) is 0 Å². The molecule has 1 aromatic carbocycles. The Labute approximate surface area is 148 Å². The molecule has 25 heavy (non-hydrogen) atoms. The second-order valence-electron chi connectivity index (χ2n) is 5.10. The summed E-state index contributed by atoms with van der Waals surface area (Å²) in [5.74, 6) is 0.0876. The van der Waals surface area contributed by atoms with E-state index < -0.39 is 10.0 Å². The number of aryl methyl sites for hydroxylation is 1. The first-order chi connectivity index (χ1) is 11.9. The van der Waals surface area contributed by atoms with Crippen molar-refractivity contribution in [3.63, 3.8) is 0 Å². The molecule has 3 aromatic rings. The number of sulfonamides is 1. The zero-order valence-electron chi connectivity index (χ0n) is 13.1. The van der Waals surface area contributed by atoms with Gasteiger partial charge in [0, 0.05) is 5.56 Å². The molecule has 0 aliphatic heterocycles. The maximum absolute atomic E-state index is 12.2. The van der Waals surface area contributed by atoms with Gasteiger partial charge in [-0.25, -0.2) is 13.1 Å². The Hall–Kier alpha value is -2.56. The molecule has 0 unspecified atom stereocenters. The van der Waals surface area contributed by atoms with Crippen molar-refractivity contribution in [1.82, 2.24) is 14.9 Å². The zero-order valence-corrected chi connectivity index (χ0v) is 14.7. The highest BCUT2D eigenvalue weighted by atomic mass is 32.2. The number of carbonyl (C=O) groups is 1. The van der Waals surface area contributed by atoms with E-state index in [2.05, 4.69) is 20.2 Å². The molecule has 1 amide bonds. The highest BCUT2D eigenvalue weighted by Crippen LogP contribution is 2.20. The number of nitrogens with zero attached hydrogens (tertiary/aromatic N) is 2. The van der Waals surface area contributed by atoms with Crippen LogP contribution in [0.15, 0.2) is 51.4 Å². The maximum Gasteiger partial charge on any atom is 0.270 e. The molecule has 130 valence electrons. The van der Waals surface area contributed by atoms with Crippen LogP contribution in [0.25, 0.3) is 0 Å². The lowest BCUT2D eigenvalue weighted by Crippen LogP contribution is -2.22. The summed E-state index contributed by atoms with van der Waals surface area (Å²) in [6.07, 6.45) is 1.45. The number of nitrogens with one attached hydrogen (secondary N) is 2. The van der Waals surface area contributed by atoms with Gasteiger partial charge in [0.05, 0.1) is 12.8 Å². The minimum absolute atomic E-state index is 0.0000276. The summed E-state index contributed by atoms with van der Waals surface area (Å²) < 4.78 is 31.5. The molecular formula is C15H14N4O4S2. The van der Waals surface area contributed by atoms with E-state index in [4.69, 9.17) is 4.42 Å². The standard InChI is InChI=1S/C15H14N4O4S2/c1-10-4-6-11(7-5-10)13(20)17-14-18-19-15(24-14)25(21,22)16-9-12-3-2-8-23-12/h2-8,16H,9H2,1H3,(H,17,18,20). The van der Waals surface area contributed by atoms with Crippen LogP contribution in [0, 0.1) is 6.92 Å². The Bertz CT molecular complexity index is 963. The van der Waals surface area contributed by atoms with Crippen molar-refractivity contribution in [3.8, 4) is 0 Å². The van der Waals surface area contributed by atoms with Crippen LogP contribution in [-0.2, 0) is 16.6 Å². The lowest BCUT2D eigenvalue weighted by molar-refractivity contribution is 0.102. The Kier molecular flexibility index (Phi) is 4.93. The van der Waals surface area contributed by atoms with Crippen molar-refractivity contribution in [3.05, 3.63) is 59.5 Å². The number of rotatable bonds is 6. The first kappa shape index (κ1) is 17.3. The van der Waals surface area contributed by atoms with Crippen LogP contribution in [0.1, 0.15) is 21.7 Å². The van der Waals surface area contributed by atoms with Gasteiger partial charge in [-0.1, -0.05) is 29.0 Å². The summed E-state index contributed by atoms with van der Waals surface area (Å²) >= 11 is 0.768. The summed E-state index contributed by atoms with van der Waals surface area (Å²) in [4.78, 5) is 12.1. The number of hydrogen-bond donors (Lipinski definition) is 2. The largest absolute Gasteiger partial charge is 0.468 e. The molecule has 0 radical (unpaired) electrons. The van der Waals surface area contributed by atoms with Gasteiger partial charge in [0.15, 0.2) is 0 Å². The highest BCUT2D eigenvalue weighted by Gasteiger charge is 2.21. The van der Waals surface area contributed by atoms with E-state index in [1.165, 1.54) is 6.26 Å². The molecule has 0 fully saturated rings. The number of aromatic nitrogens is 2. The van der Waals surface area contributed by atoms with Crippen LogP contribution in [0.3, 0.4) is 0 Å². The Morgan fingerprint density at radius 3 is 2.64 bits per heavy atom. The summed E-state index contributed by atoms with van der Waals surface area (Å²) in [7, 11) is -3.84. The van der Waals surface area contributed by atoms with Gasteiger partial charge in [-0.3, -0.25) is 10.1 Å². The van der Waals surface area contributed by atoms with E-state index in [0.717, 1.165) is 16.9 Å². The number of carbonyl (C=O) groups excluding carboxylic acids is 1. The first-order valence-corrected chi connectivity index (χ1v) is 9.47. The van der Waals surface area contributed by atoms with E-state index >= 15 is 0 Å². The Morgan fingerprint density at radius 2 is 1.96 bits per heavy atom. The predicted octanol–water partition coefficient (Wildman–Crippen LogP) is 2.17. The van der Waals surface area contributed by atoms with Gasteiger partial charge < -0.3 is 4.42 Å². The van der Waals surface area contributed by atoms with Crippen molar-refractivity contribution >= 4 is 32.4 Å². The highest BCUT2D eigenvalue weighted by molar-refractivity contribution is 7.91. The van der Waals surface area contributed by atoms with E-state index in [-0.39, 0.29) is 21.9 Å². The monoisotopic (exact) mass is 378 g/mol. The quantitative estimate of drug-likeness (QED) is 0.636. The van der Waals surface area contributed by atoms with Crippen LogP contribution in [0.4, 0.5) is 5.13 Å². The number of amides is 1. The molecule has 10 heteroatoms. The third kappa shape index (κ3) is 4.29. The molecule has 0 aliphatic carbocycles. The van der Waals surface area contributed by atoms with Gasteiger partial charge >= 0.3 is 0 Å². The van der Waals surface area contributed by atoms with Gasteiger partial charge in [-0.05, 0) is 31.2 Å². The predicted molar refractivity (Wildman–Crippen MR) is 91.8 cm³/mol. The summed E-state index contributed by atoms with van der Waals surface area (Å²) in [6.45, 7) is 1.92. The topological polar surface area (TPSA) is 114 Å². The van der Waals surface area contributed by atoms with Crippen LogP contribution in [0.2, 0.25) is 0 Å². The van der Waals surface area contributed by atoms with E-state index in [9.17, 15) is 13.2 Å². The van der Waals surface area contributed by atoms with Crippen LogP contribution >= 0.6 is 11.3 Å². The fourth-order valence-corrected chi connectivity index (χ4v) is 3.81. The average molecular weight is 378 g/mol. The summed E-state index contributed by atoms with van der Waals surface area (Å²) in [5.41, 5.74) is 1.48. The second kappa shape index (κ2) is 7.13. The number of benzene rings is 1. The smallest absolute Gasteiger partial charge is 0.270 e. The molecule has 0 saturated heterocycles. The van der Waals surface area contributed by atoms with Crippen molar-refractivity contribution in [2.75, 3.05) is 5.32 Å². The molecule has 0 atom stereocenters. The maximum atomic E-state index is 12.2. The zero-order chi connectivity index (χ0) is 17.9. The lowest BCUT2D eigenvalue weighted by atomic mass is 10.1. The summed E-state index contributed by atoms with van der Waals surface area (Å²) in [6, 6.07) is 10.3. The second-order valence-corrected chi connectivity index (χ2v) is 8.02. The van der Waals surface area contributed by atoms with E-state index in [1.54, 1.807) is 24.3 Å². The molecule has 0 bridgehead atoms. The van der Waals surface area contributed by atoms with Gasteiger partial charge in [0.2, 0.25) is 9.47 Å². The van der Waals surface area contributed by atoms with Crippen LogP contribution < -0.4 is 10.0 Å². The molecule has 0 aliphatic rings. The fourth-order valence-electron chi connectivity index (χ4n) is 1.88. The van der Waals surface area contributed by atoms with Gasteiger partial charge in [-0.15, -0.1) is 10.2 Å². The fraction of sp³-hybridized carbons (Fsp3) is 0.133. The lowest BCUT2D eigenvalue weighted by Gasteiger charge is -2.01. The average Bonchev–Trinajstić information content (AvgIpc) is 3.25. The Morgan fingerprint density at radius 1 is 1.20 bits per heavy atom. The van der Waals surface area contributed by atoms with E-state index in [0.29, 0.717) is 11.3 Å². The minimum atomic E-state index is -3.84. The van der Waals surface area contributed by atoms with E-state index in [1.807, 2.05) is 19.1 Å². The van der Waals surface area contributed by atoms with Crippen molar-refractivity contribution in [2.24, 2.45) is 0 Å². The first-order valence-electron chi connectivity index (χ1n) is 7.17. The number of furan rings is 1. The molecule has 2 heterocycles. The van der Waals surface area contributed by atoms with Gasteiger partial charge in [-0.2, -0.15) is 0 Å². The molecular weight excluding hydrogens is 364 g/mol.